The van der Waals surface area contributed by atoms with Crippen LogP contribution in [0.2, 0.25) is 0 Å². The minimum atomic E-state index is -0.216. The number of imidazole rings is 1. The normalized spacial score (nSPS) is 20.2. The number of para-hydroxylation sites is 1. The van der Waals surface area contributed by atoms with E-state index >= 15 is 0 Å². The Labute approximate surface area is 119 Å². The number of benzene rings is 1. The predicted octanol–water partition coefficient (Wildman–Crippen LogP) is 3.79. The summed E-state index contributed by atoms with van der Waals surface area (Å²) >= 11 is 0. The summed E-state index contributed by atoms with van der Waals surface area (Å²) in [5.41, 5.74) is 1.44. The highest BCUT2D eigenvalue weighted by Crippen LogP contribution is 2.27. The van der Waals surface area contributed by atoms with Crippen molar-refractivity contribution >= 4 is 11.0 Å². The van der Waals surface area contributed by atoms with Crippen molar-refractivity contribution in [1.29, 1.82) is 0 Å². The van der Waals surface area contributed by atoms with Gasteiger partial charge >= 0.3 is 0 Å². The largest absolute Gasteiger partial charge is 0.327 e. The monoisotopic (exact) mass is 275 g/mol. The molecule has 1 aliphatic rings. The molecule has 1 aliphatic heterocycles. The highest BCUT2D eigenvalue weighted by Gasteiger charge is 2.21. The molecule has 0 bridgehead atoms. The van der Waals surface area contributed by atoms with Gasteiger partial charge < -0.3 is 9.88 Å². The Bertz CT molecular complexity index is 583. The minimum absolute atomic E-state index is 0.216. The van der Waals surface area contributed by atoms with Gasteiger partial charge in [-0.15, -0.1) is 0 Å². The minimum Gasteiger partial charge on any atom is -0.327 e. The molecule has 1 aromatic heterocycles. The molecule has 1 N–H and O–H groups in total. The van der Waals surface area contributed by atoms with E-state index in [4.69, 9.17) is 0 Å². The van der Waals surface area contributed by atoms with Gasteiger partial charge in [0.1, 0.15) is 11.3 Å². The molecule has 0 spiro atoms. The average Bonchev–Trinajstić information content (AvgIpc) is 2.64. The van der Waals surface area contributed by atoms with Gasteiger partial charge in [0.15, 0.2) is 5.82 Å². The summed E-state index contributed by atoms with van der Waals surface area (Å²) in [6, 6.07) is 5.50. The average molecular weight is 275 g/mol. The third kappa shape index (κ3) is 2.44. The fraction of sp³-hybridized carbons (Fsp3) is 0.562. The summed E-state index contributed by atoms with van der Waals surface area (Å²) in [5, 5.41) is 3.57. The second-order valence-electron chi connectivity index (χ2n) is 5.59. The first-order chi connectivity index (χ1) is 9.81. The van der Waals surface area contributed by atoms with Gasteiger partial charge in [-0.05, 0) is 37.9 Å². The van der Waals surface area contributed by atoms with Crippen LogP contribution in [0.15, 0.2) is 18.2 Å². The number of halogens is 1. The lowest BCUT2D eigenvalue weighted by atomic mass is 10.1. The van der Waals surface area contributed by atoms with Crippen molar-refractivity contribution in [2.75, 3.05) is 6.54 Å². The van der Waals surface area contributed by atoms with Crippen molar-refractivity contribution in [2.45, 2.75) is 51.6 Å². The molecular weight excluding hydrogens is 253 g/mol. The zero-order valence-electron chi connectivity index (χ0n) is 12.0. The van der Waals surface area contributed by atoms with Gasteiger partial charge in [-0.2, -0.15) is 0 Å². The van der Waals surface area contributed by atoms with E-state index in [9.17, 15) is 4.39 Å². The number of nitrogens with one attached hydrogen (secondary N) is 1. The van der Waals surface area contributed by atoms with Gasteiger partial charge in [0.2, 0.25) is 0 Å². The predicted molar refractivity (Wildman–Crippen MR) is 79.2 cm³/mol. The number of aromatic nitrogens is 2. The maximum Gasteiger partial charge on any atom is 0.151 e. The lowest BCUT2D eigenvalue weighted by Crippen LogP contribution is -2.23. The molecule has 1 fully saturated rings. The second kappa shape index (κ2) is 5.92. The molecule has 108 valence electrons. The maximum atomic E-state index is 14.0. The molecule has 2 heterocycles. The van der Waals surface area contributed by atoms with Crippen LogP contribution in [0, 0.1) is 5.82 Å². The lowest BCUT2D eigenvalue weighted by molar-refractivity contribution is 0.480. The van der Waals surface area contributed by atoms with E-state index in [1.54, 1.807) is 6.07 Å². The van der Waals surface area contributed by atoms with Crippen molar-refractivity contribution in [3.05, 3.63) is 29.8 Å². The van der Waals surface area contributed by atoms with Gasteiger partial charge in [-0.1, -0.05) is 25.8 Å². The van der Waals surface area contributed by atoms with Gasteiger partial charge in [0.25, 0.3) is 0 Å². The van der Waals surface area contributed by atoms with Crippen molar-refractivity contribution < 1.29 is 4.39 Å². The first-order valence-electron chi connectivity index (χ1n) is 7.69. The highest BCUT2D eigenvalue weighted by molar-refractivity contribution is 5.76. The summed E-state index contributed by atoms with van der Waals surface area (Å²) in [6.07, 6.45) is 5.83. The van der Waals surface area contributed by atoms with Gasteiger partial charge in [0.05, 0.1) is 11.6 Å². The third-order valence-electron chi connectivity index (χ3n) is 4.08. The van der Waals surface area contributed by atoms with Crippen LogP contribution in [-0.4, -0.2) is 16.1 Å². The molecule has 0 saturated carbocycles. The topological polar surface area (TPSA) is 29.9 Å². The third-order valence-corrected chi connectivity index (χ3v) is 4.08. The summed E-state index contributed by atoms with van der Waals surface area (Å²) in [7, 11) is 0. The van der Waals surface area contributed by atoms with E-state index in [2.05, 4.69) is 21.8 Å². The number of rotatable bonds is 3. The smallest absolute Gasteiger partial charge is 0.151 e. The van der Waals surface area contributed by atoms with Crippen molar-refractivity contribution in [3.8, 4) is 0 Å². The van der Waals surface area contributed by atoms with E-state index in [0.717, 1.165) is 37.3 Å². The van der Waals surface area contributed by atoms with Crippen LogP contribution in [0.25, 0.3) is 11.0 Å². The molecule has 0 aliphatic carbocycles. The number of hydrogen-bond acceptors (Lipinski definition) is 2. The fourth-order valence-corrected chi connectivity index (χ4v) is 3.10. The SMILES string of the molecule is CCCn1c(C2CCCCCN2)nc2c(F)cccc21. The standard InChI is InChI=1S/C16H22FN3/c1-2-11-20-14-9-6-7-12(17)15(14)19-16(20)13-8-4-3-5-10-18-13/h6-7,9,13,18H,2-5,8,10-11H2,1H3. The summed E-state index contributed by atoms with van der Waals surface area (Å²) in [5.74, 6) is 0.793. The first kappa shape index (κ1) is 13.6. The first-order valence-corrected chi connectivity index (χ1v) is 7.69. The van der Waals surface area contributed by atoms with Gasteiger partial charge in [-0.25, -0.2) is 9.37 Å². The van der Waals surface area contributed by atoms with Crippen molar-refractivity contribution in [2.24, 2.45) is 0 Å². The lowest BCUT2D eigenvalue weighted by Gasteiger charge is -2.17. The number of nitrogens with zero attached hydrogens (tertiary/aromatic N) is 2. The van der Waals surface area contributed by atoms with E-state index in [0.29, 0.717) is 5.52 Å². The van der Waals surface area contributed by atoms with Crippen LogP contribution >= 0.6 is 0 Å². The Kier molecular flexibility index (Phi) is 4.01. The summed E-state index contributed by atoms with van der Waals surface area (Å²) < 4.78 is 16.2. The Morgan fingerprint density at radius 3 is 3.10 bits per heavy atom. The second-order valence-corrected chi connectivity index (χ2v) is 5.59. The number of fused-ring (bicyclic) bond motifs is 1. The quantitative estimate of drug-likeness (QED) is 0.923. The summed E-state index contributed by atoms with van der Waals surface area (Å²) in [6.45, 7) is 4.07. The zero-order chi connectivity index (χ0) is 13.9. The van der Waals surface area contributed by atoms with Gasteiger partial charge in [0, 0.05) is 6.54 Å². The zero-order valence-corrected chi connectivity index (χ0v) is 12.0. The molecule has 1 aromatic carbocycles. The molecule has 1 unspecified atom stereocenters. The van der Waals surface area contributed by atoms with Gasteiger partial charge in [-0.3, -0.25) is 0 Å². The molecule has 20 heavy (non-hydrogen) atoms. The number of aryl methyl sites for hydroxylation is 1. The molecule has 0 amide bonds. The Morgan fingerprint density at radius 1 is 1.35 bits per heavy atom. The Balaban J connectivity index is 2.08. The van der Waals surface area contributed by atoms with Crippen LogP contribution in [0.1, 0.15) is 50.9 Å². The van der Waals surface area contributed by atoms with E-state index < -0.39 is 0 Å². The molecule has 2 aromatic rings. The van der Waals surface area contributed by atoms with Crippen LogP contribution in [0.4, 0.5) is 4.39 Å². The highest BCUT2D eigenvalue weighted by atomic mass is 19.1. The maximum absolute atomic E-state index is 14.0. The van der Waals surface area contributed by atoms with E-state index in [1.807, 2.05) is 6.07 Å². The fourth-order valence-electron chi connectivity index (χ4n) is 3.10. The number of hydrogen-bond donors (Lipinski definition) is 1. The molecule has 4 heteroatoms. The Morgan fingerprint density at radius 2 is 2.25 bits per heavy atom. The molecule has 1 atom stereocenters. The van der Waals surface area contributed by atoms with Crippen LogP contribution in [-0.2, 0) is 6.54 Å². The Hall–Kier alpha value is -1.42. The molecule has 1 saturated heterocycles. The van der Waals surface area contributed by atoms with Crippen LogP contribution in [0.3, 0.4) is 0 Å². The van der Waals surface area contributed by atoms with E-state index in [1.165, 1.54) is 25.3 Å². The molecule has 3 rings (SSSR count). The molecule has 0 radical (unpaired) electrons. The van der Waals surface area contributed by atoms with Crippen molar-refractivity contribution in [3.63, 3.8) is 0 Å². The molecule has 3 nitrogen and oxygen atoms in total. The summed E-state index contributed by atoms with van der Waals surface area (Å²) in [4.78, 5) is 4.62. The van der Waals surface area contributed by atoms with Crippen LogP contribution in [0.5, 0.6) is 0 Å². The molecular formula is C16H22FN3. The van der Waals surface area contributed by atoms with E-state index in [-0.39, 0.29) is 11.9 Å². The van der Waals surface area contributed by atoms with Crippen LogP contribution < -0.4 is 5.32 Å². The van der Waals surface area contributed by atoms with Crippen molar-refractivity contribution in [1.82, 2.24) is 14.9 Å².